The van der Waals surface area contributed by atoms with Gasteiger partial charge in [-0.15, -0.1) is 0 Å². The van der Waals surface area contributed by atoms with Crippen LogP contribution in [0, 0.1) is 0 Å². The van der Waals surface area contributed by atoms with E-state index in [0.29, 0.717) is 5.70 Å². The monoisotopic (exact) mass is 694 g/mol. The first-order valence-corrected chi connectivity index (χ1v) is 18.0. The Bertz CT molecular complexity index is 1700. The van der Waals surface area contributed by atoms with Crippen LogP contribution in [0.4, 0.5) is 14.6 Å². The van der Waals surface area contributed by atoms with Crippen molar-refractivity contribution < 1.29 is 50.9 Å². The van der Waals surface area contributed by atoms with Crippen LogP contribution in [0.2, 0.25) is 0 Å². The van der Waals surface area contributed by atoms with Crippen molar-refractivity contribution in [2.75, 3.05) is 18.9 Å². The van der Waals surface area contributed by atoms with E-state index in [1.165, 1.54) is 34.4 Å². The Morgan fingerprint density at radius 2 is 1.68 bits per heavy atom. The summed E-state index contributed by atoms with van der Waals surface area (Å²) in [5.41, 5.74) is 6.51. The molecule has 7 rings (SSSR count). The third-order valence-corrected chi connectivity index (χ3v) is 10.5. The number of ether oxygens (including phenoxy) is 2. The third kappa shape index (κ3) is 5.33. The quantitative estimate of drug-likeness (QED) is 0.358. The molecule has 0 aliphatic carbocycles. The molecule has 2 aromatic rings. The van der Waals surface area contributed by atoms with Crippen molar-refractivity contribution in [3.05, 3.63) is 24.4 Å². The maximum Gasteiger partial charge on any atom is 0.325 e. The highest BCUT2D eigenvalue weighted by molar-refractivity contribution is 8.07. The lowest BCUT2D eigenvalue weighted by molar-refractivity contribution is -0.118. The zero-order chi connectivity index (χ0) is 31.0. The molecule has 2 aromatic heterocycles. The van der Waals surface area contributed by atoms with Gasteiger partial charge in [0.25, 0.3) is 5.91 Å². The van der Waals surface area contributed by atoms with Crippen molar-refractivity contribution in [1.82, 2.24) is 24.4 Å². The van der Waals surface area contributed by atoms with E-state index < -0.39 is 87.8 Å². The minimum atomic E-state index is -4.29. The van der Waals surface area contributed by atoms with Crippen LogP contribution in [0.1, 0.15) is 6.23 Å². The molecule has 11 atom stereocenters. The van der Waals surface area contributed by atoms with Crippen LogP contribution in [0.5, 0.6) is 0 Å². The van der Waals surface area contributed by atoms with Crippen molar-refractivity contribution in [2.24, 2.45) is 9.98 Å². The van der Waals surface area contributed by atoms with Crippen molar-refractivity contribution in [2.45, 2.75) is 55.3 Å². The molecular formula is C21H22F2N8O9P2S2. The SMILES string of the molecule is Nc1ncnc2c1ncn2[C@@H]1O[C@@H]2COP(O)(=S)O[C@@H]3[C@@H](F)[C@@H](COP(O)(=S)O[C@H]2[C@@H]1F)O[C@H]3N1C=NC2C(=O)N=CC=C21. The van der Waals surface area contributed by atoms with Gasteiger partial charge in [0.15, 0.2) is 42.3 Å². The van der Waals surface area contributed by atoms with E-state index in [0.717, 1.165) is 6.33 Å². The Hall–Kier alpha value is -2.26. The topological polar surface area (TPSA) is 210 Å². The summed E-state index contributed by atoms with van der Waals surface area (Å²) >= 11 is 10.3. The summed E-state index contributed by atoms with van der Waals surface area (Å²) in [6.07, 6.45) is -6.32. The van der Waals surface area contributed by atoms with Gasteiger partial charge in [-0.05, 0) is 29.7 Å². The van der Waals surface area contributed by atoms with Crippen LogP contribution in [0.25, 0.3) is 11.2 Å². The predicted molar refractivity (Wildman–Crippen MR) is 152 cm³/mol. The molecule has 2 bridgehead atoms. The van der Waals surface area contributed by atoms with E-state index in [9.17, 15) is 14.6 Å². The molecule has 3 unspecified atom stereocenters. The van der Waals surface area contributed by atoms with Gasteiger partial charge in [0.2, 0.25) is 0 Å². The molecule has 0 aromatic carbocycles. The second-order valence-corrected chi connectivity index (χ2v) is 15.6. The second-order valence-electron chi connectivity index (χ2n) is 10.1. The fourth-order valence-electron chi connectivity index (χ4n) is 5.36. The molecule has 44 heavy (non-hydrogen) atoms. The summed E-state index contributed by atoms with van der Waals surface area (Å²) in [6.45, 7) is -9.86. The molecule has 17 nitrogen and oxygen atoms in total. The molecule has 0 saturated carbocycles. The molecular weight excluding hydrogens is 672 g/mol. The lowest BCUT2D eigenvalue weighted by Gasteiger charge is -2.32. The second kappa shape index (κ2) is 11.2. The predicted octanol–water partition coefficient (Wildman–Crippen LogP) is 0.165. The number of halogens is 2. The number of nitrogens with two attached hydrogens (primary N) is 1. The number of carbonyl (C=O) groups is 1. The number of alkyl halides is 2. The number of amides is 1. The summed E-state index contributed by atoms with van der Waals surface area (Å²) in [7, 11) is 0. The van der Waals surface area contributed by atoms with Gasteiger partial charge in [0.05, 0.1) is 31.6 Å². The van der Waals surface area contributed by atoms with E-state index in [2.05, 4.69) is 24.9 Å². The summed E-state index contributed by atoms with van der Waals surface area (Å²) in [5, 5.41) is 0. The number of carbonyl (C=O) groups excluding carboxylic acids is 1. The first-order chi connectivity index (χ1) is 20.9. The van der Waals surface area contributed by atoms with Gasteiger partial charge in [-0.1, -0.05) is 0 Å². The summed E-state index contributed by atoms with van der Waals surface area (Å²) in [4.78, 5) is 55.3. The highest BCUT2D eigenvalue weighted by Crippen LogP contribution is 2.54. The third-order valence-electron chi connectivity index (χ3n) is 7.38. The lowest BCUT2D eigenvalue weighted by Crippen LogP contribution is -2.44. The molecule has 3 fully saturated rings. The van der Waals surface area contributed by atoms with Crippen molar-refractivity contribution >= 4 is 72.5 Å². The molecule has 0 spiro atoms. The molecule has 236 valence electrons. The average molecular weight is 695 g/mol. The van der Waals surface area contributed by atoms with Crippen molar-refractivity contribution in [3.8, 4) is 0 Å². The van der Waals surface area contributed by atoms with Gasteiger partial charge in [-0.3, -0.25) is 23.4 Å². The number of aliphatic imine (C=N–C) groups is 2. The highest BCUT2D eigenvalue weighted by Gasteiger charge is 2.55. The minimum absolute atomic E-state index is 0.0539. The van der Waals surface area contributed by atoms with Gasteiger partial charge in [0, 0.05) is 6.21 Å². The zero-order valence-corrected chi connectivity index (χ0v) is 25.3. The fourth-order valence-corrected chi connectivity index (χ4v) is 8.21. The smallest absolute Gasteiger partial charge is 0.325 e. The standard InChI is InChI=1S/C21H22F2N8O9P2S2/c22-11-9-3-35-41(33,43)39-15-10(38-20(12(15)23)31-7-29-14-17(24)26-5-27-18(14)31)4-36-42(34,44)40-16(11)21(37-9)30-6-28-13-8(30)1-2-25-19(13)32/h1-2,5-7,9-13,15-16,20-21H,3-4H2,(H,33,43)(H,34,44)(H2,24,26,27)/t9-,10-,11+,12+,13?,15-,16-,20-,21-,41?,42?/m1/s1. The van der Waals surface area contributed by atoms with E-state index >= 15 is 8.78 Å². The maximum atomic E-state index is 16.0. The Balaban J connectivity index is 1.17. The molecule has 23 heteroatoms. The largest absolute Gasteiger partial charge is 0.382 e. The number of hydrogen-bond donors (Lipinski definition) is 3. The van der Waals surface area contributed by atoms with Crippen LogP contribution in [-0.4, -0.2) is 115 Å². The zero-order valence-electron chi connectivity index (χ0n) is 21.9. The van der Waals surface area contributed by atoms with Gasteiger partial charge < -0.3 is 38.9 Å². The van der Waals surface area contributed by atoms with Gasteiger partial charge >= 0.3 is 13.4 Å². The van der Waals surface area contributed by atoms with E-state index in [1.807, 2.05) is 0 Å². The van der Waals surface area contributed by atoms with Crippen molar-refractivity contribution in [1.29, 1.82) is 0 Å². The molecule has 0 radical (unpaired) electrons. The van der Waals surface area contributed by atoms with E-state index in [4.69, 9.17) is 56.9 Å². The normalized spacial score (nSPS) is 42.5. The number of fused-ring (bicyclic) bond motifs is 5. The Kier molecular flexibility index (Phi) is 7.75. The maximum absolute atomic E-state index is 16.0. The number of hydrogen-bond acceptors (Lipinski definition) is 15. The summed E-state index contributed by atoms with van der Waals surface area (Å²) < 4.78 is 66.8. The first kappa shape index (κ1) is 30.4. The number of nitrogen functional groups attached to an aromatic ring is 1. The fraction of sp³-hybridized carbons (Fsp3) is 0.524. The number of rotatable bonds is 2. The van der Waals surface area contributed by atoms with Crippen LogP contribution >= 0.6 is 13.4 Å². The Morgan fingerprint density at radius 1 is 0.977 bits per heavy atom. The molecule has 7 heterocycles. The number of dihydropyridines is 1. The van der Waals surface area contributed by atoms with Crippen LogP contribution < -0.4 is 5.73 Å². The number of aromatic nitrogens is 4. The summed E-state index contributed by atoms with van der Waals surface area (Å²) in [6, 6.07) is -0.970. The minimum Gasteiger partial charge on any atom is -0.382 e. The van der Waals surface area contributed by atoms with Crippen LogP contribution in [-0.2, 0) is 56.0 Å². The number of imidazole rings is 1. The van der Waals surface area contributed by atoms with Gasteiger partial charge in [-0.2, -0.15) is 0 Å². The van der Waals surface area contributed by atoms with Gasteiger partial charge in [0.1, 0.15) is 36.3 Å². The first-order valence-electron chi connectivity index (χ1n) is 12.9. The molecule has 4 N–H and O–H groups in total. The molecule has 5 aliphatic heterocycles. The van der Waals surface area contributed by atoms with Crippen molar-refractivity contribution in [3.63, 3.8) is 0 Å². The lowest BCUT2D eigenvalue weighted by atomic mass is 10.1. The molecule has 1 amide bonds. The molecule has 3 saturated heterocycles. The van der Waals surface area contributed by atoms with E-state index in [1.54, 1.807) is 0 Å². The van der Waals surface area contributed by atoms with Crippen LogP contribution in [0.3, 0.4) is 0 Å². The van der Waals surface area contributed by atoms with Gasteiger partial charge in [-0.25, -0.2) is 28.7 Å². The number of nitrogens with zero attached hydrogens (tertiary/aromatic N) is 7. The number of allylic oxidation sites excluding steroid dienone is 1. The highest BCUT2D eigenvalue weighted by atomic mass is 32.5. The number of anilines is 1. The average Bonchev–Trinajstić information content (AvgIpc) is 3.73. The molecule has 5 aliphatic rings. The Labute approximate surface area is 256 Å². The Morgan fingerprint density at radius 3 is 2.45 bits per heavy atom. The van der Waals surface area contributed by atoms with E-state index in [-0.39, 0.29) is 17.0 Å². The summed E-state index contributed by atoms with van der Waals surface area (Å²) in [5.74, 6) is -0.488. The van der Waals surface area contributed by atoms with Crippen LogP contribution in [0.15, 0.2) is 34.4 Å².